The van der Waals surface area contributed by atoms with E-state index in [2.05, 4.69) is 23.5 Å². The lowest BCUT2D eigenvalue weighted by molar-refractivity contribution is 0.0996. The highest BCUT2D eigenvalue weighted by Gasteiger charge is 2.24. The van der Waals surface area contributed by atoms with Crippen molar-refractivity contribution in [2.75, 3.05) is 18.4 Å². The van der Waals surface area contributed by atoms with Gasteiger partial charge in [-0.25, -0.2) is 13.4 Å². The number of nitrogens with zero attached hydrogens (tertiary/aromatic N) is 2. The minimum Gasteiger partial charge on any atom is -0.298 e. The first-order valence-electron chi connectivity index (χ1n) is 11.0. The van der Waals surface area contributed by atoms with Gasteiger partial charge in [0.05, 0.1) is 20.7 Å². The molecular formula is C27H23N3O4S2. The maximum atomic E-state index is 13.1. The Hall–Kier alpha value is -3.92. The number of rotatable bonds is 10. The van der Waals surface area contributed by atoms with Crippen molar-refractivity contribution in [2.45, 2.75) is 4.90 Å². The number of aromatic nitrogens is 1. The van der Waals surface area contributed by atoms with E-state index in [0.717, 1.165) is 11.3 Å². The number of sulfonamides is 1. The van der Waals surface area contributed by atoms with Crippen molar-refractivity contribution in [3.63, 3.8) is 0 Å². The van der Waals surface area contributed by atoms with Gasteiger partial charge in [0.1, 0.15) is 0 Å². The van der Waals surface area contributed by atoms with E-state index in [0.29, 0.717) is 20.9 Å². The summed E-state index contributed by atoms with van der Waals surface area (Å²) in [5.74, 6) is -0.742. The first-order chi connectivity index (χ1) is 17.3. The van der Waals surface area contributed by atoms with E-state index >= 15 is 0 Å². The quantitative estimate of drug-likeness (QED) is 0.232. The molecule has 1 N–H and O–H groups in total. The van der Waals surface area contributed by atoms with E-state index in [4.69, 9.17) is 0 Å². The molecule has 4 aromatic rings. The molecule has 1 heterocycles. The van der Waals surface area contributed by atoms with Gasteiger partial charge >= 0.3 is 0 Å². The fourth-order valence-electron chi connectivity index (χ4n) is 3.62. The van der Waals surface area contributed by atoms with Gasteiger partial charge in [-0.15, -0.1) is 13.2 Å². The lowest BCUT2D eigenvalue weighted by Crippen LogP contribution is -2.31. The van der Waals surface area contributed by atoms with Crippen LogP contribution in [0.3, 0.4) is 0 Å². The Morgan fingerprint density at radius 3 is 2.22 bits per heavy atom. The molecule has 0 unspecified atom stereocenters. The second-order valence-electron chi connectivity index (χ2n) is 7.74. The number of anilines is 1. The zero-order valence-corrected chi connectivity index (χ0v) is 20.9. The van der Waals surface area contributed by atoms with Gasteiger partial charge in [0.15, 0.2) is 10.9 Å². The van der Waals surface area contributed by atoms with Crippen molar-refractivity contribution in [3.05, 3.63) is 115 Å². The molecular weight excluding hydrogens is 494 g/mol. The second kappa shape index (κ2) is 10.8. The van der Waals surface area contributed by atoms with Crippen molar-refractivity contribution in [2.24, 2.45) is 0 Å². The van der Waals surface area contributed by atoms with E-state index in [9.17, 15) is 18.0 Å². The molecule has 1 amide bonds. The summed E-state index contributed by atoms with van der Waals surface area (Å²) in [6.07, 6.45) is 3.03. The number of benzene rings is 3. The number of amides is 1. The molecule has 7 nitrogen and oxygen atoms in total. The number of fused-ring (bicyclic) bond motifs is 1. The molecule has 0 fully saturated rings. The van der Waals surface area contributed by atoms with Gasteiger partial charge in [-0.2, -0.15) is 4.31 Å². The summed E-state index contributed by atoms with van der Waals surface area (Å²) in [4.78, 5) is 30.6. The monoisotopic (exact) mass is 517 g/mol. The van der Waals surface area contributed by atoms with E-state index < -0.39 is 15.9 Å². The normalized spacial score (nSPS) is 11.4. The largest absolute Gasteiger partial charge is 0.298 e. The Labute approximate surface area is 213 Å². The fraction of sp³-hybridized carbons (Fsp3) is 0.0741. The van der Waals surface area contributed by atoms with Crippen molar-refractivity contribution in [1.82, 2.24) is 9.29 Å². The van der Waals surface area contributed by atoms with Gasteiger partial charge < -0.3 is 0 Å². The molecule has 0 atom stereocenters. The molecule has 0 aliphatic heterocycles. The van der Waals surface area contributed by atoms with Crippen LogP contribution >= 0.6 is 11.3 Å². The highest BCUT2D eigenvalue weighted by Crippen LogP contribution is 2.30. The van der Waals surface area contributed by atoms with E-state index in [1.807, 2.05) is 6.07 Å². The Morgan fingerprint density at radius 1 is 0.917 bits per heavy atom. The lowest BCUT2D eigenvalue weighted by atomic mass is 9.98. The average molecular weight is 518 g/mol. The maximum absolute atomic E-state index is 13.1. The Bertz CT molecular complexity index is 1550. The maximum Gasteiger partial charge on any atom is 0.258 e. The van der Waals surface area contributed by atoms with Crippen LogP contribution in [0.15, 0.2) is 103 Å². The third-order valence-electron chi connectivity index (χ3n) is 5.34. The Morgan fingerprint density at radius 2 is 1.56 bits per heavy atom. The minimum atomic E-state index is -3.77. The standard InChI is InChI=1S/C27H23N3O4S2/c1-3-16-30(17-4-2)36(33,34)20-14-15-23-24(18-20)35-27(28-23)29-26(32)22-13-9-8-12-21(22)25(31)19-10-6-5-7-11-19/h3-15,18H,1-2,16-17H2,(H,28,29,32). The molecule has 0 aliphatic carbocycles. The van der Waals surface area contributed by atoms with Crippen LogP contribution in [0.4, 0.5) is 5.13 Å². The summed E-state index contributed by atoms with van der Waals surface area (Å²) in [5.41, 5.74) is 1.52. The Balaban J connectivity index is 1.61. The SMILES string of the molecule is C=CCN(CC=C)S(=O)(=O)c1ccc2nc(NC(=O)c3ccccc3C(=O)c3ccccc3)sc2c1. The van der Waals surface area contributed by atoms with Crippen LogP contribution in [0.1, 0.15) is 26.3 Å². The van der Waals surface area contributed by atoms with Gasteiger partial charge in [-0.05, 0) is 24.3 Å². The lowest BCUT2D eigenvalue weighted by Gasteiger charge is -2.18. The predicted molar refractivity (Wildman–Crippen MR) is 143 cm³/mol. The van der Waals surface area contributed by atoms with Crippen molar-refractivity contribution >= 4 is 48.4 Å². The molecule has 0 radical (unpaired) electrons. The van der Waals surface area contributed by atoms with Gasteiger partial charge in [0, 0.05) is 24.2 Å². The number of hydrogen-bond donors (Lipinski definition) is 1. The summed E-state index contributed by atoms with van der Waals surface area (Å²) in [6, 6.07) is 19.9. The summed E-state index contributed by atoms with van der Waals surface area (Å²) >= 11 is 1.15. The molecule has 182 valence electrons. The van der Waals surface area contributed by atoms with Crippen molar-refractivity contribution in [3.8, 4) is 0 Å². The Kier molecular flexibility index (Phi) is 7.54. The van der Waals surface area contributed by atoms with E-state index in [1.165, 1.54) is 28.6 Å². The summed E-state index contributed by atoms with van der Waals surface area (Å²) in [6.45, 7) is 7.54. The van der Waals surface area contributed by atoms with Crippen LogP contribution in [0.2, 0.25) is 0 Å². The molecule has 9 heteroatoms. The third kappa shape index (κ3) is 5.18. The zero-order chi connectivity index (χ0) is 25.7. The van der Waals surface area contributed by atoms with Crippen molar-refractivity contribution in [1.29, 1.82) is 0 Å². The predicted octanol–water partition coefficient (Wildman–Crippen LogP) is 5.14. The van der Waals surface area contributed by atoms with Gasteiger partial charge in [0.2, 0.25) is 10.0 Å². The zero-order valence-electron chi connectivity index (χ0n) is 19.3. The number of carbonyl (C=O) groups excluding carboxylic acids is 2. The molecule has 0 spiro atoms. The fourth-order valence-corrected chi connectivity index (χ4v) is 6.00. The summed E-state index contributed by atoms with van der Waals surface area (Å²) < 4.78 is 28.0. The van der Waals surface area contributed by atoms with Crippen LogP contribution in [0.5, 0.6) is 0 Å². The first kappa shape index (κ1) is 25.2. The number of ketones is 1. The van der Waals surface area contributed by atoms with Crippen LogP contribution < -0.4 is 5.32 Å². The first-order valence-corrected chi connectivity index (χ1v) is 13.2. The molecule has 0 saturated heterocycles. The smallest absolute Gasteiger partial charge is 0.258 e. The molecule has 3 aromatic carbocycles. The number of thiazole rings is 1. The van der Waals surface area contributed by atoms with Crippen LogP contribution in [-0.2, 0) is 10.0 Å². The van der Waals surface area contributed by atoms with Crippen LogP contribution in [-0.4, -0.2) is 42.5 Å². The average Bonchev–Trinajstić information content (AvgIpc) is 3.30. The molecule has 36 heavy (non-hydrogen) atoms. The summed E-state index contributed by atoms with van der Waals surface area (Å²) in [5, 5.41) is 3.04. The highest BCUT2D eigenvalue weighted by atomic mass is 32.2. The van der Waals surface area contributed by atoms with Gasteiger partial charge in [-0.1, -0.05) is 72.0 Å². The highest BCUT2D eigenvalue weighted by molar-refractivity contribution is 7.89. The number of carbonyl (C=O) groups is 2. The molecule has 0 aliphatic rings. The van der Waals surface area contributed by atoms with E-state index in [-0.39, 0.29) is 34.9 Å². The van der Waals surface area contributed by atoms with E-state index in [1.54, 1.807) is 54.6 Å². The number of nitrogens with one attached hydrogen (secondary N) is 1. The third-order valence-corrected chi connectivity index (χ3v) is 8.10. The molecule has 0 bridgehead atoms. The minimum absolute atomic E-state index is 0.110. The molecule has 4 rings (SSSR count). The van der Waals surface area contributed by atoms with Crippen LogP contribution in [0, 0.1) is 0 Å². The van der Waals surface area contributed by atoms with Gasteiger partial charge in [-0.3, -0.25) is 14.9 Å². The molecule has 1 aromatic heterocycles. The van der Waals surface area contributed by atoms with Crippen LogP contribution in [0.25, 0.3) is 10.2 Å². The second-order valence-corrected chi connectivity index (χ2v) is 10.7. The summed E-state index contributed by atoms with van der Waals surface area (Å²) in [7, 11) is -3.77. The number of hydrogen-bond acceptors (Lipinski definition) is 6. The van der Waals surface area contributed by atoms with Gasteiger partial charge in [0.25, 0.3) is 5.91 Å². The van der Waals surface area contributed by atoms with Crippen molar-refractivity contribution < 1.29 is 18.0 Å². The topological polar surface area (TPSA) is 96.4 Å². The molecule has 0 saturated carbocycles.